The second kappa shape index (κ2) is 6.28. The van der Waals surface area contributed by atoms with E-state index in [-0.39, 0.29) is 0 Å². The molecule has 2 aliphatic rings. The van der Waals surface area contributed by atoms with E-state index in [0.29, 0.717) is 0 Å². The van der Waals surface area contributed by atoms with Crippen LogP contribution >= 0.6 is 0 Å². The quantitative estimate of drug-likeness (QED) is 0.872. The van der Waals surface area contributed by atoms with Crippen LogP contribution in [0.1, 0.15) is 35.5 Å². The van der Waals surface area contributed by atoms with Crippen molar-refractivity contribution in [3.8, 4) is 0 Å². The van der Waals surface area contributed by atoms with Crippen LogP contribution in [0.25, 0.3) is 0 Å². The lowest BCUT2D eigenvalue weighted by atomic mass is 10.0. The molecular weight excluding hydrogens is 284 g/mol. The van der Waals surface area contributed by atoms with Crippen LogP contribution < -0.4 is 4.90 Å². The third kappa shape index (κ3) is 3.08. The van der Waals surface area contributed by atoms with Crippen molar-refractivity contribution in [1.82, 2.24) is 14.9 Å². The molecule has 23 heavy (non-hydrogen) atoms. The predicted octanol–water partition coefficient (Wildman–Crippen LogP) is 2.94. The summed E-state index contributed by atoms with van der Waals surface area (Å²) in [5, 5.41) is 0. The van der Waals surface area contributed by atoms with E-state index in [4.69, 9.17) is 9.97 Å². The Kier molecular flexibility index (Phi) is 4.00. The highest BCUT2D eigenvalue weighted by Crippen LogP contribution is 2.29. The van der Waals surface area contributed by atoms with E-state index in [0.717, 1.165) is 45.0 Å². The van der Waals surface area contributed by atoms with Gasteiger partial charge in [-0.2, -0.15) is 0 Å². The number of nitrogens with zero attached hydrogens (tertiary/aromatic N) is 4. The van der Waals surface area contributed by atoms with Crippen molar-refractivity contribution >= 4 is 5.82 Å². The molecule has 2 aromatic rings. The molecule has 0 saturated carbocycles. The first-order valence-corrected chi connectivity index (χ1v) is 8.67. The molecule has 1 saturated heterocycles. The molecule has 1 aromatic carbocycles. The molecule has 0 aliphatic carbocycles. The van der Waals surface area contributed by atoms with Gasteiger partial charge < -0.3 is 4.90 Å². The van der Waals surface area contributed by atoms with Crippen LogP contribution in [0.4, 0.5) is 5.82 Å². The van der Waals surface area contributed by atoms with Crippen molar-refractivity contribution in [3.63, 3.8) is 0 Å². The van der Waals surface area contributed by atoms with Gasteiger partial charge in [-0.25, -0.2) is 9.97 Å². The van der Waals surface area contributed by atoms with Crippen LogP contribution in [0, 0.1) is 6.92 Å². The van der Waals surface area contributed by atoms with E-state index in [1.165, 1.54) is 35.5 Å². The Hall–Kier alpha value is -1.94. The summed E-state index contributed by atoms with van der Waals surface area (Å²) in [5.41, 5.74) is 4.01. The summed E-state index contributed by atoms with van der Waals surface area (Å²) >= 11 is 0. The fourth-order valence-corrected chi connectivity index (χ4v) is 3.74. The van der Waals surface area contributed by atoms with Crippen LogP contribution in [-0.4, -0.2) is 34.5 Å². The van der Waals surface area contributed by atoms with Gasteiger partial charge in [0, 0.05) is 44.7 Å². The zero-order valence-electron chi connectivity index (χ0n) is 13.8. The Labute approximate surface area is 138 Å². The smallest absolute Gasteiger partial charge is 0.137 e. The molecule has 0 bridgehead atoms. The Morgan fingerprint density at radius 3 is 2.57 bits per heavy atom. The Morgan fingerprint density at radius 2 is 1.78 bits per heavy atom. The van der Waals surface area contributed by atoms with Gasteiger partial charge in [0.25, 0.3) is 0 Å². The monoisotopic (exact) mass is 308 g/mol. The summed E-state index contributed by atoms with van der Waals surface area (Å²) in [6.07, 6.45) is 3.60. The number of aromatic nitrogens is 2. The van der Waals surface area contributed by atoms with Crippen molar-refractivity contribution in [2.45, 2.75) is 39.3 Å². The predicted molar refractivity (Wildman–Crippen MR) is 92.5 cm³/mol. The molecule has 0 N–H and O–H groups in total. The van der Waals surface area contributed by atoms with Crippen LogP contribution in [0.5, 0.6) is 0 Å². The summed E-state index contributed by atoms with van der Waals surface area (Å²) in [6, 6.07) is 10.7. The zero-order valence-corrected chi connectivity index (χ0v) is 13.8. The first-order valence-electron chi connectivity index (χ1n) is 8.67. The number of hydrogen-bond donors (Lipinski definition) is 0. The van der Waals surface area contributed by atoms with Gasteiger partial charge in [0.2, 0.25) is 0 Å². The molecule has 3 heterocycles. The number of anilines is 1. The molecule has 0 radical (unpaired) electrons. The molecule has 0 amide bonds. The van der Waals surface area contributed by atoms with Gasteiger partial charge in [-0.3, -0.25) is 4.90 Å². The normalized spacial score (nSPS) is 18.2. The van der Waals surface area contributed by atoms with Gasteiger partial charge in [-0.15, -0.1) is 0 Å². The maximum atomic E-state index is 4.80. The molecule has 0 atom stereocenters. The molecule has 1 aromatic heterocycles. The third-order valence-corrected chi connectivity index (χ3v) is 4.88. The largest absolute Gasteiger partial charge is 0.356 e. The minimum absolute atomic E-state index is 0.919. The number of hydrogen-bond acceptors (Lipinski definition) is 4. The molecule has 4 nitrogen and oxygen atoms in total. The van der Waals surface area contributed by atoms with Gasteiger partial charge in [0.1, 0.15) is 11.6 Å². The van der Waals surface area contributed by atoms with Gasteiger partial charge in [-0.1, -0.05) is 30.3 Å². The number of fused-ring (bicyclic) bond motifs is 1. The summed E-state index contributed by atoms with van der Waals surface area (Å²) in [7, 11) is 0. The minimum atomic E-state index is 0.919. The standard InChI is InChI=1S/C19H24N4/c1-15-20-18-9-12-22(13-16-7-3-2-4-8-16)14-17(18)19(21-15)23-10-5-6-11-23/h2-4,7-8H,5-6,9-14H2,1H3. The number of aryl methyl sites for hydroxylation is 1. The zero-order chi connectivity index (χ0) is 15.6. The summed E-state index contributed by atoms with van der Waals surface area (Å²) in [6.45, 7) is 7.36. The van der Waals surface area contributed by atoms with E-state index >= 15 is 0 Å². The molecule has 4 heteroatoms. The molecule has 1 fully saturated rings. The number of rotatable bonds is 3. The average molecular weight is 308 g/mol. The minimum Gasteiger partial charge on any atom is -0.356 e. The van der Waals surface area contributed by atoms with Crippen LogP contribution in [0.15, 0.2) is 30.3 Å². The molecule has 0 unspecified atom stereocenters. The third-order valence-electron chi connectivity index (χ3n) is 4.88. The van der Waals surface area contributed by atoms with Crippen LogP contribution in [-0.2, 0) is 19.5 Å². The molecular formula is C19H24N4. The maximum Gasteiger partial charge on any atom is 0.137 e. The fraction of sp³-hybridized carbons (Fsp3) is 0.474. The van der Waals surface area contributed by atoms with Gasteiger partial charge in [-0.05, 0) is 25.3 Å². The van der Waals surface area contributed by atoms with Crippen molar-refractivity contribution in [2.24, 2.45) is 0 Å². The van der Waals surface area contributed by atoms with Crippen molar-refractivity contribution < 1.29 is 0 Å². The van der Waals surface area contributed by atoms with Gasteiger partial charge in [0.05, 0.1) is 5.69 Å². The fourth-order valence-electron chi connectivity index (χ4n) is 3.74. The van der Waals surface area contributed by atoms with Gasteiger partial charge >= 0.3 is 0 Å². The lowest BCUT2D eigenvalue weighted by Crippen LogP contribution is -2.33. The Balaban J connectivity index is 1.60. The lowest BCUT2D eigenvalue weighted by Gasteiger charge is -2.31. The summed E-state index contributed by atoms with van der Waals surface area (Å²) in [5.74, 6) is 2.12. The second-order valence-corrected chi connectivity index (χ2v) is 6.66. The van der Waals surface area contributed by atoms with Crippen molar-refractivity contribution in [3.05, 3.63) is 53.0 Å². The van der Waals surface area contributed by atoms with Gasteiger partial charge in [0.15, 0.2) is 0 Å². The highest BCUT2D eigenvalue weighted by Gasteiger charge is 2.25. The second-order valence-electron chi connectivity index (χ2n) is 6.66. The average Bonchev–Trinajstić information content (AvgIpc) is 3.10. The molecule has 2 aliphatic heterocycles. The van der Waals surface area contributed by atoms with Crippen LogP contribution in [0.2, 0.25) is 0 Å². The van der Waals surface area contributed by atoms with E-state index in [1.54, 1.807) is 0 Å². The lowest BCUT2D eigenvalue weighted by molar-refractivity contribution is 0.243. The van der Waals surface area contributed by atoms with Crippen molar-refractivity contribution in [2.75, 3.05) is 24.5 Å². The molecule has 4 rings (SSSR count). The SMILES string of the molecule is Cc1nc2c(c(N3CCCC3)n1)CN(Cc1ccccc1)CC2. The molecule has 120 valence electrons. The van der Waals surface area contributed by atoms with E-state index in [1.807, 2.05) is 6.92 Å². The highest BCUT2D eigenvalue weighted by molar-refractivity contribution is 5.51. The van der Waals surface area contributed by atoms with E-state index < -0.39 is 0 Å². The highest BCUT2D eigenvalue weighted by atomic mass is 15.2. The maximum absolute atomic E-state index is 4.80. The number of benzene rings is 1. The molecule has 0 spiro atoms. The first-order chi connectivity index (χ1) is 11.3. The topological polar surface area (TPSA) is 32.3 Å². The Morgan fingerprint density at radius 1 is 1.00 bits per heavy atom. The van der Waals surface area contributed by atoms with E-state index in [9.17, 15) is 0 Å². The van der Waals surface area contributed by atoms with Crippen molar-refractivity contribution in [1.29, 1.82) is 0 Å². The summed E-state index contributed by atoms with van der Waals surface area (Å²) < 4.78 is 0. The van der Waals surface area contributed by atoms with E-state index in [2.05, 4.69) is 40.1 Å². The Bertz CT molecular complexity index is 677. The first kappa shape index (κ1) is 14.6. The van der Waals surface area contributed by atoms with Crippen LogP contribution in [0.3, 0.4) is 0 Å². The summed E-state index contributed by atoms with van der Waals surface area (Å²) in [4.78, 5) is 14.5.